The average Bonchev–Trinajstić information content (AvgIpc) is 2.62. The molecule has 0 aliphatic carbocycles. The van der Waals surface area contributed by atoms with Crippen LogP contribution in [0.4, 0.5) is 0 Å². The number of unbranched alkanes of at least 4 members (excludes halogenated alkanes) is 14. The summed E-state index contributed by atoms with van der Waals surface area (Å²) in [6.07, 6.45) is 20.5. The first-order valence-corrected chi connectivity index (χ1v) is 10.3. The predicted octanol–water partition coefficient (Wildman–Crippen LogP) is 7.55. The Kier molecular flexibility index (Phi) is 14.8. The van der Waals surface area contributed by atoms with Gasteiger partial charge in [0.2, 0.25) is 0 Å². The van der Waals surface area contributed by atoms with Crippen molar-refractivity contribution in [1.82, 2.24) is 0 Å². The molecule has 0 fully saturated rings. The second-order valence-corrected chi connectivity index (χ2v) is 6.89. The molecule has 2 radical (unpaired) electrons. The Bertz CT molecular complexity index is 346. The molecule has 136 valence electrons. The molecule has 0 bridgehead atoms. The Labute approximate surface area is 151 Å². The molecule has 0 heterocycles. The maximum Gasteiger partial charge on any atom is 0.119 e. The van der Waals surface area contributed by atoms with E-state index >= 15 is 0 Å². The van der Waals surface area contributed by atoms with Gasteiger partial charge in [0.1, 0.15) is 5.75 Å². The number of ether oxygens (including phenoxy) is 1. The Morgan fingerprint density at radius 3 is 1.50 bits per heavy atom. The molecule has 1 rings (SSSR count). The summed E-state index contributed by atoms with van der Waals surface area (Å²) >= 11 is 0. The van der Waals surface area contributed by atoms with Gasteiger partial charge in [-0.3, -0.25) is 0 Å². The van der Waals surface area contributed by atoms with Crippen molar-refractivity contribution in [2.75, 3.05) is 6.61 Å². The zero-order valence-corrected chi connectivity index (χ0v) is 15.7. The van der Waals surface area contributed by atoms with Crippen molar-refractivity contribution in [3.05, 3.63) is 37.3 Å². The summed E-state index contributed by atoms with van der Waals surface area (Å²) in [7, 11) is 0. The van der Waals surface area contributed by atoms with Gasteiger partial charge in [-0.25, -0.2) is 0 Å². The molecule has 0 saturated heterocycles. The lowest BCUT2D eigenvalue weighted by atomic mass is 10.0. The van der Waals surface area contributed by atoms with Gasteiger partial charge in [0.05, 0.1) is 6.61 Å². The van der Waals surface area contributed by atoms with Gasteiger partial charge < -0.3 is 4.74 Å². The zero-order chi connectivity index (χ0) is 17.1. The minimum absolute atomic E-state index is 0.846. The molecule has 0 saturated carbocycles. The van der Waals surface area contributed by atoms with E-state index in [1.807, 2.05) is 24.3 Å². The molecule has 1 nitrogen and oxygen atoms in total. The second kappa shape index (κ2) is 16.9. The normalized spacial score (nSPS) is 10.9. The van der Waals surface area contributed by atoms with Crippen molar-refractivity contribution in [1.29, 1.82) is 0 Å². The summed E-state index contributed by atoms with van der Waals surface area (Å²) in [5, 5.41) is 0. The third-order valence-electron chi connectivity index (χ3n) is 4.60. The summed E-state index contributed by atoms with van der Waals surface area (Å²) in [5.41, 5.74) is 0. The summed E-state index contributed by atoms with van der Waals surface area (Å²) in [5.74, 6) is 0.969. The quantitative estimate of drug-likeness (QED) is 0.268. The molecule has 0 aliphatic heterocycles. The Morgan fingerprint density at radius 1 is 0.625 bits per heavy atom. The monoisotopic (exact) mass is 330 g/mol. The molecule has 0 aromatic heterocycles. The third-order valence-corrected chi connectivity index (χ3v) is 4.60. The maximum absolute atomic E-state index is 5.70. The smallest absolute Gasteiger partial charge is 0.119 e. The largest absolute Gasteiger partial charge is 0.494 e. The first kappa shape index (κ1) is 21.1. The zero-order valence-electron chi connectivity index (χ0n) is 15.7. The highest BCUT2D eigenvalue weighted by Gasteiger charge is 1.95. The van der Waals surface area contributed by atoms with E-state index in [1.165, 1.54) is 89.9 Å². The van der Waals surface area contributed by atoms with E-state index in [0.29, 0.717) is 0 Å². The number of hydrogen-bond donors (Lipinski definition) is 0. The van der Waals surface area contributed by atoms with Gasteiger partial charge in [-0.15, -0.1) is 0 Å². The van der Waals surface area contributed by atoms with Crippen LogP contribution in [0, 0.1) is 13.0 Å². The highest BCUT2D eigenvalue weighted by molar-refractivity contribution is 5.20. The van der Waals surface area contributed by atoms with E-state index in [0.717, 1.165) is 18.8 Å². The van der Waals surface area contributed by atoms with Gasteiger partial charge in [-0.2, -0.15) is 0 Å². The summed E-state index contributed by atoms with van der Waals surface area (Å²) in [6, 6.07) is 10.8. The Hall–Kier alpha value is -0.980. The maximum atomic E-state index is 5.70. The molecule has 1 aromatic rings. The van der Waals surface area contributed by atoms with E-state index in [-0.39, 0.29) is 0 Å². The molecule has 0 unspecified atom stereocenters. The predicted molar refractivity (Wildman–Crippen MR) is 105 cm³/mol. The van der Waals surface area contributed by atoms with Crippen LogP contribution in [-0.2, 0) is 0 Å². The second-order valence-electron chi connectivity index (χ2n) is 6.89. The Balaban J connectivity index is 1.70. The van der Waals surface area contributed by atoms with Crippen LogP contribution < -0.4 is 4.74 Å². The standard InChI is InChI=1S/C23H38O/c1-2-3-4-5-6-7-8-9-10-11-12-13-14-15-19-22-24-23-20-17-16-18-21-23/h17-18,20-21H,1-15,19,22H2. The molecule has 0 amide bonds. The van der Waals surface area contributed by atoms with Gasteiger partial charge in [-0.1, -0.05) is 109 Å². The molecular formula is C23H38O. The van der Waals surface area contributed by atoms with Crippen LogP contribution in [0.2, 0.25) is 0 Å². The van der Waals surface area contributed by atoms with E-state index in [9.17, 15) is 0 Å². The molecule has 0 spiro atoms. The summed E-state index contributed by atoms with van der Waals surface area (Å²) in [4.78, 5) is 0. The highest BCUT2D eigenvalue weighted by atomic mass is 16.5. The summed E-state index contributed by atoms with van der Waals surface area (Å²) < 4.78 is 5.70. The van der Waals surface area contributed by atoms with Gasteiger partial charge >= 0.3 is 0 Å². The van der Waals surface area contributed by atoms with Gasteiger partial charge in [0.25, 0.3) is 0 Å². The summed E-state index contributed by atoms with van der Waals surface area (Å²) in [6.45, 7) is 4.74. The molecule has 0 atom stereocenters. The number of benzene rings is 1. The highest BCUT2D eigenvalue weighted by Crippen LogP contribution is 2.14. The first-order valence-electron chi connectivity index (χ1n) is 10.3. The minimum atomic E-state index is 0.846. The fraction of sp³-hybridized carbons (Fsp3) is 0.696. The van der Waals surface area contributed by atoms with Crippen LogP contribution in [-0.4, -0.2) is 6.61 Å². The van der Waals surface area contributed by atoms with Gasteiger partial charge in [0, 0.05) is 0 Å². The van der Waals surface area contributed by atoms with Crippen LogP contribution in [0.3, 0.4) is 0 Å². The molecule has 24 heavy (non-hydrogen) atoms. The van der Waals surface area contributed by atoms with Crippen molar-refractivity contribution in [3.63, 3.8) is 0 Å². The molecule has 1 heteroatoms. The molecule has 0 N–H and O–H groups in total. The van der Waals surface area contributed by atoms with Crippen molar-refractivity contribution in [3.8, 4) is 5.75 Å². The first-order chi connectivity index (χ1) is 11.9. The molecule has 0 aliphatic rings. The van der Waals surface area contributed by atoms with Crippen LogP contribution in [0.5, 0.6) is 5.75 Å². The van der Waals surface area contributed by atoms with Gasteiger partial charge in [0.15, 0.2) is 0 Å². The van der Waals surface area contributed by atoms with E-state index in [4.69, 9.17) is 4.74 Å². The molecule has 1 aromatic carbocycles. The minimum Gasteiger partial charge on any atom is -0.494 e. The fourth-order valence-corrected chi connectivity index (χ4v) is 3.06. The molecular weight excluding hydrogens is 292 g/mol. The fourth-order valence-electron chi connectivity index (χ4n) is 3.06. The van der Waals surface area contributed by atoms with Crippen molar-refractivity contribution >= 4 is 0 Å². The number of rotatable bonds is 17. The van der Waals surface area contributed by atoms with E-state index in [1.54, 1.807) is 0 Å². The number of hydrogen-bond acceptors (Lipinski definition) is 1. The van der Waals surface area contributed by atoms with Crippen molar-refractivity contribution in [2.45, 2.75) is 96.3 Å². The van der Waals surface area contributed by atoms with E-state index in [2.05, 4.69) is 13.0 Å². The van der Waals surface area contributed by atoms with Gasteiger partial charge in [-0.05, 0) is 24.6 Å². The lowest BCUT2D eigenvalue weighted by Gasteiger charge is -2.06. The lowest BCUT2D eigenvalue weighted by Crippen LogP contribution is -1.96. The Morgan fingerprint density at radius 2 is 1.04 bits per heavy atom. The van der Waals surface area contributed by atoms with Crippen molar-refractivity contribution in [2.24, 2.45) is 0 Å². The van der Waals surface area contributed by atoms with Crippen molar-refractivity contribution < 1.29 is 4.74 Å². The lowest BCUT2D eigenvalue weighted by molar-refractivity contribution is 0.304. The average molecular weight is 331 g/mol. The van der Waals surface area contributed by atoms with E-state index < -0.39 is 0 Å². The van der Waals surface area contributed by atoms with Crippen LogP contribution in [0.15, 0.2) is 24.3 Å². The SMILES string of the molecule is [CH2]CCCCCCCCCCCCCCCCOc1cc[c]cc1. The third kappa shape index (κ3) is 13.5. The van der Waals surface area contributed by atoms with Crippen LogP contribution >= 0.6 is 0 Å². The van der Waals surface area contributed by atoms with Crippen LogP contribution in [0.1, 0.15) is 96.3 Å². The van der Waals surface area contributed by atoms with Crippen LogP contribution in [0.25, 0.3) is 0 Å². The topological polar surface area (TPSA) is 9.23 Å².